The van der Waals surface area contributed by atoms with Crippen LogP contribution in [0.4, 0.5) is 0 Å². The lowest BCUT2D eigenvalue weighted by molar-refractivity contribution is -0.197. The topological polar surface area (TPSA) is 163 Å². The molecule has 2 rings (SSSR count). The van der Waals surface area contributed by atoms with Crippen molar-refractivity contribution in [3.63, 3.8) is 0 Å². The van der Waals surface area contributed by atoms with Crippen LogP contribution in [0.1, 0.15) is 51.4 Å². The van der Waals surface area contributed by atoms with Gasteiger partial charge in [-0.15, -0.1) is 5.06 Å². The number of ether oxygens (including phenoxy) is 2. The van der Waals surface area contributed by atoms with Crippen LogP contribution in [0.5, 0.6) is 0 Å². The summed E-state index contributed by atoms with van der Waals surface area (Å²) in [5.74, 6) is -4.70. The van der Waals surface area contributed by atoms with E-state index in [0.717, 1.165) is 5.06 Å². The number of hydroxylamine groups is 4. The fraction of sp³-hybridized carbons (Fsp3) is 0.611. The summed E-state index contributed by atoms with van der Waals surface area (Å²) >= 11 is 0. The zero-order valence-electron chi connectivity index (χ0n) is 16.7. The molecule has 170 valence electrons. The van der Waals surface area contributed by atoms with Gasteiger partial charge in [-0.2, -0.15) is 5.06 Å². The lowest BCUT2D eigenvalue weighted by atomic mass is 10.3. The molecule has 13 nitrogen and oxygen atoms in total. The lowest BCUT2D eigenvalue weighted by Gasteiger charge is -2.14. The highest BCUT2D eigenvalue weighted by Crippen LogP contribution is 2.13. The predicted molar refractivity (Wildman–Crippen MR) is 94.6 cm³/mol. The van der Waals surface area contributed by atoms with Gasteiger partial charge in [-0.3, -0.25) is 24.0 Å². The van der Waals surface area contributed by atoms with Gasteiger partial charge in [-0.05, 0) is 6.42 Å². The van der Waals surface area contributed by atoms with Crippen molar-refractivity contribution in [2.45, 2.75) is 51.4 Å². The van der Waals surface area contributed by atoms with Crippen LogP contribution >= 0.6 is 0 Å². The summed E-state index contributed by atoms with van der Waals surface area (Å²) < 4.78 is 9.57. The third-order valence-corrected chi connectivity index (χ3v) is 4.12. The zero-order valence-corrected chi connectivity index (χ0v) is 16.7. The monoisotopic (exact) mass is 442 g/mol. The number of amides is 3. The summed E-state index contributed by atoms with van der Waals surface area (Å²) in [6.45, 7) is -0.201. The van der Waals surface area contributed by atoms with Crippen molar-refractivity contribution in [2.24, 2.45) is 0 Å². The first-order valence-corrected chi connectivity index (χ1v) is 9.65. The summed E-state index contributed by atoms with van der Waals surface area (Å²) in [5, 5.41) is 1.34. The van der Waals surface area contributed by atoms with E-state index in [4.69, 9.17) is 14.3 Å². The standard InChI is InChI=1S/C18H22N2O11/c21-12-2-1-9-19(12)30-17(26)7-5-15(24)28-10-11-29-16(25)6-8-18(27)31-20-13(22)3-4-14(20)23/h1-11H2. The molecule has 0 aliphatic carbocycles. The van der Waals surface area contributed by atoms with Crippen LogP contribution in [0.2, 0.25) is 0 Å². The summed E-state index contributed by atoms with van der Waals surface area (Å²) in [5.41, 5.74) is 0. The van der Waals surface area contributed by atoms with E-state index >= 15 is 0 Å². The minimum absolute atomic E-state index is 0.0355. The van der Waals surface area contributed by atoms with Gasteiger partial charge in [-0.1, -0.05) is 0 Å². The molecule has 0 N–H and O–H groups in total. The van der Waals surface area contributed by atoms with E-state index in [9.17, 15) is 33.6 Å². The van der Waals surface area contributed by atoms with Crippen molar-refractivity contribution in [2.75, 3.05) is 19.8 Å². The molecule has 0 atom stereocenters. The van der Waals surface area contributed by atoms with Crippen LogP contribution in [0.15, 0.2) is 0 Å². The Labute approximate surface area is 176 Å². The van der Waals surface area contributed by atoms with Crippen molar-refractivity contribution in [3.05, 3.63) is 0 Å². The molecule has 2 heterocycles. The van der Waals surface area contributed by atoms with Gasteiger partial charge in [0, 0.05) is 19.3 Å². The molecule has 2 fully saturated rings. The Kier molecular flexibility index (Phi) is 8.91. The minimum Gasteiger partial charge on any atom is -0.462 e. The maximum absolute atomic E-state index is 11.6. The highest BCUT2D eigenvalue weighted by Gasteiger charge is 2.32. The maximum Gasteiger partial charge on any atom is 0.333 e. The molecule has 0 aromatic carbocycles. The molecule has 0 saturated carbocycles. The molecule has 3 amide bonds. The minimum atomic E-state index is -0.936. The van der Waals surface area contributed by atoms with Gasteiger partial charge in [0.05, 0.1) is 32.2 Å². The number of carbonyl (C=O) groups excluding carboxylic acids is 7. The van der Waals surface area contributed by atoms with Crippen LogP contribution in [-0.2, 0) is 52.7 Å². The number of carbonyl (C=O) groups is 7. The molecule has 13 heteroatoms. The number of hydrogen-bond donors (Lipinski definition) is 0. The van der Waals surface area contributed by atoms with Crippen LogP contribution in [0.25, 0.3) is 0 Å². The third-order valence-electron chi connectivity index (χ3n) is 4.12. The number of esters is 2. The van der Waals surface area contributed by atoms with E-state index in [2.05, 4.69) is 4.84 Å². The molecule has 0 unspecified atom stereocenters. The quantitative estimate of drug-likeness (QED) is 0.226. The largest absolute Gasteiger partial charge is 0.462 e. The Morgan fingerprint density at radius 3 is 1.61 bits per heavy atom. The number of hydrogen-bond acceptors (Lipinski definition) is 11. The van der Waals surface area contributed by atoms with E-state index in [1.807, 2.05) is 0 Å². The molecule has 31 heavy (non-hydrogen) atoms. The molecule has 2 aliphatic rings. The predicted octanol–water partition coefficient (Wildman–Crippen LogP) is -0.679. The van der Waals surface area contributed by atoms with Crippen molar-refractivity contribution in [1.82, 2.24) is 10.1 Å². The second-order valence-corrected chi connectivity index (χ2v) is 6.55. The van der Waals surface area contributed by atoms with Crippen LogP contribution in [0, 0.1) is 0 Å². The van der Waals surface area contributed by atoms with Crippen LogP contribution in [-0.4, -0.2) is 71.5 Å². The molecule has 2 saturated heterocycles. The van der Waals surface area contributed by atoms with Gasteiger partial charge in [-0.25, -0.2) is 9.59 Å². The van der Waals surface area contributed by atoms with E-state index in [0.29, 0.717) is 24.4 Å². The number of rotatable bonds is 11. The summed E-state index contributed by atoms with van der Waals surface area (Å²) in [6, 6.07) is 0. The van der Waals surface area contributed by atoms with Gasteiger partial charge < -0.3 is 19.1 Å². The summed E-state index contributed by atoms with van der Waals surface area (Å²) in [6.07, 6.45) is -0.459. The highest BCUT2D eigenvalue weighted by molar-refractivity contribution is 6.01. The van der Waals surface area contributed by atoms with Gasteiger partial charge in [0.25, 0.3) is 17.7 Å². The Bertz CT molecular complexity index is 748. The van der Waals surface area contributed by atoms with Crippen molar-refractivity contribution in [1.29, 1.82) is 0 Å². The molecule has 2 aliphatic heterocycles. The van der Waals surface area contributed by atoms with Gasteiger partial charge in [0.1, 0.15) is 13.2 Å². The van der Waals surface area contributed by atoms with Crippen molar-refractivity contribution < 1.29 is 52.7 Å². The lowest BCUT2D eigenvalue weighted by Crippen LogP contribution is -2.32. The first-order chi connectivity index (χ1) is 14.8. The van der Waals surface area contributed by atoms with Gasteiger partial charge in [0.15, 0.2) is 0 Å². The third kappa shape index (κ3) is 8.03. The fourth-order valence-electron chi connectivity index (χ4n) is 2.56. The van der Waals surface area contributed by atoms with Crippen molar-refractivity contribution >= 4 is 41.6 Å². The Hall–Kier alpha value is -3.51. The molecule has 0 spiro atoms. The Morgan fingerprint density at radius 2 is 1.13 bits per heavy atom. The summed E-state index contributed by atoms with van der Waals surface area (Å²) in [4.78, 5) is 89.6. The van der Waals surface area contributed by atoms with Crippen LogP contribution in [0.3, 0.4) is 0 Å². The molecule has 0 bridgehead atoms. The Morgan fingerprint density at radius 1 is 0.645 bits per heavy atom. The molecular formula is C18H22N2O11. The van der Waals surface area contributed by atoms with Gasteiger partial charge in [0.2, 0.25) is 0 Å². The van der Waals surface area contributed by atoms with E-state index < -0.39 is 42.1 Å². The average Bonchev–Trinajstić information content (AvgIpc) is 3.27. The maximum atomic E-state index is 11.6. The molecule has 0 aromatic heterocycles. The van der Waals surface area contributed by atoms with E-state index in [1.54, 1.807) is 0 Å². The SMILES string of the molecule is O=C(CCC(=O)ON1CCCC1=O)OCCOC(=O)CCC(=O)ON1C(=O)CCC1=O. The number of imide groups is 1. The second-order valence-electron chi connectivity index (χ2n) is 6.55. The first-order valence-electron chi connectivity index (χ1n) is 9.65. The summed E-state index contributed by atoms with van der Waals surface area (Å²) in [7, 11) is 0. The normalized spacial score (nSPS) is 15.8. The average molecular weight is 442 g/mol. The van der Waals surface area contributed by atoms with Crippen LogP contribution < -0.4 is 0 Å². The van der Waals surface area contributed by atoms with E-state index in [-0.39, 0.29) is 51.2 Å². The zero-order chi connectivity index (χ0) is 22.8. The molecular weight excluding hydrogens is 420 g/mol. The van der Waals surface area contributed by atoms with Crippen molar-refractivity contribution in [3.8, 4) is 0 Å². The van der Waals surface area contributed by atoms with E-state index in [1.165, 1.54) is 0 Å². The molecule has 0 radical (unpaired) electrons. The first kappa shape index (κ1) is 23.8. The Balaban J connectivity index is 1.50. The fourth-order valence-corrected chi connectivity index (χ4v) is 2.56. The highest BCUT2D eigenvalue weighted by atomic mass is 16.7. The molecule has 0 aromatic rings. The number of nitrogens with zero attached hydrogens (tertiary/aromatic N) is 2. The smallest absolute Gasteiger partial charge is 0.333 e. The second kappa shape index (κ2) is 11.6. The van der Waals surface area contributed by atoms with Gasteiger partial charge >= 0.3 is 23.9 Å².